The molecule has 1 aromatic carbocycles. The highest BCUT2D eigenvalue weighted by atomic mass is 16.5. The number of carbonyl (C=O) groups is 1. The third kappa shape index (κ3) is 1.89. The zero-order chi connectivity index (χ0) is 11.8. The summed E-state index contributed by atoms with van der Waals surface area (Å²) in [6, 6.07) is 5.53. The van der Waals surface area contributed by atoms with E-state index in [0.717, 1.165) is 37.4 Å². The van der Waals surface area contributed by atoms with Crippen LogP contribution in [0.1, 0.15) is 22.3 Å². The number of carboxylic acids is 1. The number of hydrogen-bond acceptors (Lipinski definition) is 3. The number of hydrogen-bond donors (Lipinski definition) is 1. The van der Waals surface area contributed by atoms with Crippen LogP contribution >= 0.6 is 0 Å². The van der Waals surface area contributed by atoms with Gasteiger partial charge in [0.05, 0.1) is 5.56 Å². The van der Waals surface area contributed by atoms with E-state index in [4.69, 9.17) is 9.84 Å². The molecule has 1 atom stereocenters. The molecule has 3 rings (SSSR count). The van der Waals surface area contributed by atoms with Gasteiger partial charge in [0.15, 0.2) is 0 Å². The summed E-state index contributed by atoms with van der Waals surface area (Å²) in [6.07, 6.45) is 2.16. The lowest BCUT2D eigenvalue weighted by atomic mass is 9.97. The quantitative estimate of drug-likeness (QED) is 0.838. The SMILES string of the molecule is O=C(O)c1ccc2c(c1)CC(N1CCC1)CO2. The van der Waals surface area contributed by atoms with E-state index in [1.807, 2.05) is 0 Å². The molecule has 0 aliphatic carbocycles. The van der Waals surface area contributed by atoms with Gasteiger partial charge in [0.2, 0.25) is 0 Å². The minimum absolute atomic E-state index is 0.344. The van der Waals surface area contributed by atoms with Crippen LogP contribution in [0.15, 0.2) is 18.2 Å². The van der Waals surface area contributed by atoms with Crippen LogP contribution in [0, 0.1) is 0 Å². The highest BCUT2D eigenvalue weighted by Gasteiger charge is 2.29. The monoisotopic (exact) mass is 233 g/mol. The summed E-state index contributed by atoms with van der Waals surface area (Å²) in [5, 5.41) is 8.97. The summed E-state index contributed by atoms with van der Waals surface area (Å²) in [5.74, 6) is -0.0364. The van der Waals surface area contributed by atoms with Crippen molar-refractivity contribution in [3.63, 3.8) is 0 Å². The first-order chi connectivity index (χ1) is 8.24. The maximum Gasteiger partial charge on any atom is 0.335 e. The van der Waals surface area contributed by atoms with Crippen LogP contribution in [0.3, 0.4) is 0 Å². The van der Waals surface area contributed by atoms with E-state index in [2.05, 4.69) is 4.90 Å². The van der Waals surface area contributed by atoms with Crippen molar-refractivity contribution in [2.75, 3.05) is 19.7 Å². The second kappa shape index (κ2) is 4.04. The van der Waals surface area contributed by atoms with Crippen LogP contribution in [0.2, 0.25) is 0 Å². The molecular formula is C13H15NO3. The molecular weight excluding hydrogens is 218 g/mol. The van der Waals surface area contributed by atoms with Crippen molar-refractivity contribution in [3.05, 3.63) is 29.3 Å². The maximum absolute atomic E-state index is 10.9. The number of rotatable bonds is 2. The fraction of sp³-hybridized carbons (Fsp3) is 0.462. The number of fused-ring (bicyclic) bond motifs is 1. The highest BCUT2D eigenvalue weighted by molar-refractivity contribution is 5.88. The first kappa shape index (κ1) is 10.6. The summed E-state index contributed by atoms with van der Waals surface area (Å²) >= 11 is 0. The lowest BCUT2D eigenvalue weighted by Gasteiger charge is -2.40. The third-order valence-electron chi connectivity index (χ3n) is 3.60. The van der Waals surface area contributed by atoms with E-state index in [1.165, 1.54) is 6.42 Å². The van der Waals surface area contributed by atoms with E-state index in [1.54, 1.807) is 18.2 Å². The molecule has 1 aromatic rings. The number of benzene rings is 1. The topological polar surface area (TPSA) is 49.8 Å². The smallest absolute Gasteiger partial charge is 0.335 e. The minimum Gasteiger partial charge on any atom is -0.492 e. The number of ether oxygens (including phenoxy) is 1. The van der Waals surface area contributed by atoms with Crippen molar-refractivity contribution >= 4 is 5.97 Å². The summed E-state index contributed by atoms with van der Waals surface area (Å²) in [5.41, 5.74) is 1.37. The van der Waals surface area contributed by atoms with Crippen LogP contribution < -0.4 is 4.74 Å². The van der Waals surface area contributed by atoms with Gasteiger partial charge in [0.1, 0.15) is 12.4 Å². The molecule has 4 heteroatoms. The van der Waals surface area contributed by atoms with Crippen molar-refractivity contribution < 1.29 is 14.6 Å². The fourth-order valence-corrected chi connectivity index (χ4v) is 2.45. The van der Waals surface area contributed by atoms with Crippen molar-refractivity contribution in [1.29, 1.82) is 0 Å². The molecule has 2 aliphatic rings. The molecule has 4 nitrogen and oxygen atoms in total. The zero-order valence-corrected chi connectivity index (χ0v) is 9.56. The van der Waals surface area contributed by atoms with Crippen molar-refractivity contribution in [3.8, 4) is 5.75 Å². The molecule has 90 valence electrons. The van der Waals surface area contributed by atoms with Gasteiger partial charge < -0.3 is 9.84 Å². The van der Waals surface area contributed by atoms with Gasteiger partial charge in [-0.3, -0.25) is 4.90 Å². The second-order valence-corrected chi connectivity index (χ2v) is 4.69. The Morgan fingerprint density at radius 1 is 1.41 bits per heavy atom. The second-order valence-electron chi connectivity index (χ2n) is 4.69. The Morgan fingerprint density at radius 2 is 2.24 bits per heavy atom. The Morgan fingerprint density at radius 3 is 2.88 bits per heavy atom. The largest absolute Gasteiger partial charge is 0.492 e. The molecule has 1 unspecified atom stereocenters. The molecule has 2 heterocycles. The van der Waals surface area contributed by atoms with Crippen LogP contribution in [-0.2, 0) is 6.42 Å². The summed E-state index contributed by atoms with van der Waals surface area (Å²) in [4.78, 5) is 13.3. The lowest BCUT2D eigenvalue weighted by Crippen LogP contribution is -2.50. The van der Waals surface area contributed by atoms with Gasteiger partial charge in [0, 0.05) is 6.04 Å². The number of aromatic carboxylic acids is 1. The van der Waals surface area contributed by atoms with Gasteiger partial charge in [0.25, 0.3) is 0 Å². The van der Waals surface area contributed by atoms with Crippen molar-refractivity contribution in [1.82, 2.24) is 4.90 Å². The summed E-state index contributed by atoms with van der Waals surface area (Å²) in [6.45, 7) is 3.00. The molecule has 0 bridgehead atoms. The fourth-order valence-electron chi connectivity index (χ4n) is 2.45. The first-order valence-corrected chi connectivity index (χ1v) is 5.97. The molecule has 0 amide bonds. The predicted molar refractivity (Wildman–Crippen MR) is 62.6 cm³/mol. The average Bonchev–Trinajstić information content (AvgIpc) is 2.25. The highest BCUT2D eigenvalue weighted by Crippen LogP contribution is 2.29. The minimum atomic E-state index is -0.876. The molecule has 1 N–H and O–H groups in total. The summed E-state index contributed by atoms with van der Waals surface area (Å²) in [7, 11) is 0. The van der Waals surface area contributed by atoms with Gasteiger partial charge in [-0.2, -0.15) is 0 Å². The van der Waals surface area contributed by atoms with Crippen LogP contribution in [0.25, 0.3) is 0 Å². The van der Waals surface area contributed by atoms with E-state index >= 15 is 0 Å². The standard InChI is InChI=1S/C13H15NO3/c15-13(16)9-2-3-12-10(6-9)7-11(8-17-12)14-4-1-5-14/h2-3,6,11H,1,4-5,7-8H2,(H,15,16). The number of nitrogens with zero attached hydrogens (tertiary/aromatic N) is 1. The van der Waals surface area contributed by atoms with Gasteiger partial charge in [-0.15, -0.1) is 0 Å². The predicted octanol–water partition coefficient (Wildman–Crippen LogP) is 1.39. The van der Waals surface area contributed by atoms with Crippen LogP contribution in [-0.4, -0.2) is 41.7 Å². The maximum atomic E-state index is 10.9. The van der Waals surface area contributed by atoms with Crippen molar-refractivity contribution in [2.24, 2.45) is 0 Å². The summed E-state index contributed by atoms with van der Waals surface area (Å²) < 4.78 is 5.69. The van der Waals surface area contributed by atoms with Gasteiger partial charge in [-0.25, -0.2) is 4.79 Å². The normalized spacial score (nSPS) is 23.4. The lowest BCUT2D eigenvalue weighted by molar-refractivity contribution is 0.0678. The van der Waals surface area contributed by atoms with Crippen molar-refractivity contribution in [2.45, 2.75) is 18.9 Å². The van der Waals surface area contributed by atoms with E-state index < -0.39 is 5.97 Å². The zero-order valence-electron chi connectivity index (χ0n) is 9.56. The Kier molecular flexibility index (Phi) is 2.52. The number of likely N-dealkylation sites (tertiary alicyclic amines) is 1. The molecule has 0 spiro atoms. The molecule has 0 saturated carbocycles. The molecule has 0 radical (unpaired) electrons. The molecule has 2 aliphatic heterocycles. The Labute approximate surface area is 99.8 Å². The average molecular weight is 233 g/mol. The third-order valence-corrected chi connectivity index (χ3v) is 3.60. The van der Waals surface area contributed by atoms with Gasteiger partial charge in [-0.1, -0.05) is 0 Å². The Hall–Kier alpha value is -1.55. The molecule has 1 saturated heterocycles. The first-order valence-electron chi connectivity index (χ1n) is 5.97. The van der Waals surface area contributed by atoms with Gasteiger partial charge in [-0.05, 0) is 49.7 Å². The molecule has 0 aromatic heterocycles. The molecule has 17 heavy (non-hydrogen) atoms. The Bertz CT molecular complexity index is 454. The van der Waals surface area contributed by atoms with Crippen LogP contribution in [0.4, 0.5) is 0 Å². The van der Waals surface area contributed by atoms with Gasteiger partial charge >= 0.3 is 5.97 Å². The van der Waals surface area contributed by atoms with E-state index in [0.29, 0.717) is 11.6 Å². The Balaban J connectivity index is 1.83. The molecule has 1 fully saturated rings. The van der Waals surface area contributed by atoms with Crippen LogP contribution in [0.5, 0.6) is 5.75 Å². The van der Waals surface area contributed by atoms with E-state index in [9.17, 15) is 4.79 Å². The van der Waals surface area contributed by atoms with E-state index in [-0.39, 0.29) is 0 Å². The number of carboxylic acid groups (broad SMARTS) is 1.